The number of hydrogen-bond donors (Lipinski definition) is 1. The maximum absolute atomic E-state index is 5.65. The number of rotatable bonds is 1. The van der Waals surface area contributed by atoms with Crippen LogP contribution in [0, 0.1) is 5.92 Å². The molecule has 0 aromatic carbocycles. The first-order chi connectivity index (χ1) is 5.97. The Morgan fingerprint density at radius 1 is 1.33 bits per heavy atom. The highest BCUT2D eigenvalue weighted by molar-refractivity contribution is 5.02. The van der Waals surface area contributed by atoms with Crippen molar-refractivity contribution in [1.82, 2.24) is 5.32 Å². The molecule has 0 amide bonds. The Bertz CT molecular complexity index is 171. The van der Waals surface area contributed by atoms with Crippen LogP contribution < -0.4 is 5.32 Å². The van der Waals surface area contributed by atoms with Crippen molar-refractivity contribution in [3.05, 3.63) is 11.8 Å². The third-order valence-electron chi connectivity index (χ3n) is 2.70. The van der Waals surface area contributed by atoms with Gasteiger partial charge in [0.2, 0.25) is 0 Å². The van der Waals surface area contributed by atoms with Crippen molar-refractivity contribution in [3.8, 4) is 0 Å². The minimum Gasteiger partial charge on any atom is -0.498 e. The molecule has 0 saturated carbocycles. The molecule has 68 valence electrons. The van der Waals surface area contributed by atoms with Crippen molar-refractivity contribution in [2.24, 2.45) is 5.92 Å². The van der Waals surface area contributed by atoms with E-state index in [0.717, 1.165) is 19.7 Å². The molecule has 2 aliphatic rings. The topological polar surface area (TPSA) is 21.3 Å². The van der Waals surface area contributed by atoms with Crippen LogP contribution in [0.3, 0.4) is 0 Å². The van der Waals surface area contributed by atoms with Crippen LogP contribution in [-0.4, -0.2) is 19.7 Å². The van der Waals surface area contributed by atoms with E-state index >= 15 is 0 Å². The quantitative estimate of drug-likeness (QED) is 0.641. The molecule has 0 spiro atoms. The number of allylic oxidation sites excluding steroid dienone is 2. The normalized spacial score (nSPS) is 26.2. The molecule has 0 atom stereocenters. The Morgan fingerprint density at radius 2 is 2.17 bits per heavy atom. The predicted molar refractivity (Wildman–Crippen MR) is 48.9 cm³/mol. The van der Waals surface area contributed by atoms with Crippen molar-refractivity contribution in [2.45, 2.75) is 25.7 Å². The summed E-state index contributed by atoms with van der Waals surface area (Å²) < 4.78 is 5.65. The van der Waals surface area contributed by atoms with Gasteiger partial charge in [0.15, 0.2) is 0 Å². The maximum Gasteiger partial charge on any atom is 0.0951 e. The van der Waals surface area contributed by atoms with Gasteiger partial charge in [-0.2, -0.15) is 0 Å². The predicted octanol–water partition coefficient (Wildman–Crippen LogP) is 1.68. The van der Waals surface area contributed by atoms with Crippen LogP contribution in [0.25, 0.3) is 0 Å². The van der Waals surface area contributed by atoms with Crippen LogP contribution >= 0.6 is 0 Å². The fourth-order valence-electron chi connectivity index (χ4n) is 1.97. The summed E-state index contributed by atoms with van der Waals surface area (Å²) in [6, 6.07) is 0. The van der Waals surface area contributed by atoms with E-state index in [4.69, 9.17) is 4.74 Å². The first-order valence-corrected chi connectivity index (χ1v) is 5.00. The highest BCUT2D eigenvalue weighted by atomic mass is 16.5. The Labute approximate surface area is 74.0 Å². The van der Waals surface area contributed by atoms with Gasteiger partial charge in [-0.15, -0.1) is 0 Å². The largest absolute Gasteiger partial charge is 0.498 e. The summed E-state index contributed by atoms with van der Waals surface area (Å²) in [7, 11) is 0. The molecule has 0 bridgehead atoms. The van der Waals surface area contributed by atoms with E-state index < -0.39 is 0 Å². The molecule has 1 saturated heterocycles. The van der Waals surface area contributed by atoms with Crippen LogP contribution in [0.15, 0.2) is 11.8 Å². The van der Waals surface area contributed by atoms with Crippen molar-refractivity contribution in [3.63, 3.8) is 0 Å². The van der Waals surface area contributed by atoms with E-state index in [1.165, 1.54) is 31.4 Å². The van der Waals surface area contributed by atoms with Crippen LogP contribution in [-0.2, 0) is 4.74 Å². The van der Waals surface area contributed by atoms with E-state index in [0.29, 0.717) is 5.92 Å². The molecule has 2 heteroatoms. The van der Waals surface area contributed by atoms with Gasteiger partial charge in [-0.1, -0.05) is 0 Å². The Balaban J connectivity index is 1.92. The molecule has 0 radical (unpaired) electrons. The maximum atomic E-state index is 5.65. The third-order valence-corrected chi connectivity index (χ3v) is 2.70. The lowest BCUT2D eigenvalue weighted by Gasteiger charge is -2.27. The molecular weight excluding hydrogens is 150 g/mol. The molecule has 0 aliphatic carbocycles. The molecule has 2 heterocycles. The van der Waals surface area contributed by atoms with E-state index in [1.807, 2.05) is 0 Å². The number of hydrogen-bond acceptors (Lipinski definition) is 2. The Kier molecular flexibility index (Phi) is 2.67. The molecule has 1 fully saturated rings. The second-order valence-electron chi connectivity index (χ2n) is 3.62. The number of ether oxygens (including phenoxy) is 1. The van der Waals surface area contributed by atoms with E-state index in [-0.39, 0.29) is 0 Å². The molecule has 2 nitrogen and oxygen atoms in total. The van der Waals surface area contributed by atoms with Crippen LogP contribution in [0.4, 0.5) is 0 Å². The summed E-state index contributed by atoms with van der Waals surface area (Å²) in [5.41, 5.74) is 0. The zero-order chi connectivity index (χ0) is 8.23. The van der Waals surface area contributed by atoms with Crippen molar-refractivity contribution >= 4 is 0 Å². The molecule has 1 N–H and O–H groups in total. The SMILES string of the molecule is C1=C(C2CCNCC2)OCCC1. The summed E-state index contributed by atoms with van der Waals surface area (Å²) in [4.78, 5) is 0. The highest BCUT2D eigenvalue weighted by Gasteiger charge is 2.19. The molecule has 12 heavy (non-hydrogen) atoms. The lowest BCUT2D eigenvalue weighted by Crippen LogP contribution is -2.29. The van der Waals surface area contributed by atoms with Gasteiger partial charge in [-0.05, 0) is 44.8 Å². The zero-order valence-electron chi connectivity index (χ0n) is 7.51. The van der Waals surface area contributed by atoms with Gasteiger partial charge in [-0.25, -0.2) is 0 Å². The van der Waals surface area contributed by atoms with E-state index in [9.17, 15) is 0 Å². The van der Waals surface area contributed by atoms with Gasteiger partial charge in [0.25, 0.3) is 0 Å². The van der Waals surface area contributed by atoms with Crippen molar-refractivity contribution < 1.29 is 4.74 Å². The third kappa shape index (κ3) is 1.81. The van der Waals surface area contributed by atoms with Gasteiger partial charge in [0.1, 0.15) is 0 Å². The smallest absolute Gasteiger partial charge is 0.0951 e. The first kappa shape index (κ1) is 8.11. The van der Waals surface area contributed by atoms with E-state index in [2.05, 4.69) is 11.4 Å². The monoisotopic (exact) mass is 167 g/mol. The molecule has 2 rings (SSSR count). The van der Waals surface area contributed by atoms with Crippen molar-refractivity contribution in [2.75, 3.05) is 19.7 Å². The number of nitrogens with one attached hydrogen (secondary N) is 1. The second-order valence-corrected chi connectivity index (χ2v) is 3.62. The molecule has 0 unspecified atom stereocenters. The zero-order valence-corrected chi connectivity index (χ0v) is 7.51. The molecular formula is C10H17NO. The first-order valence-electron chi connectivity index (χ1n) is 5.00. The Morgan fingerprint density at radius 3 is 2.83 bits per heavy atom. The lowest BCUT2D eigenvalue weighted by atomic mass is 9.94. The molecule has 0 aromatic heterocycles. The molecule has 0 aromatic rings. The minimum absolute atomic E-state index is 0.714. The van der Waals surface area contributed by atoms with Crippen LogP contribution in [0.2, 0.25) is 0 Å². The average Bonchev–Trinajstić information content (AvgIpc) is 2.21. The standard InChI is InChI=1S/C10H17NO/c1-2-8-12-10(3-1)9-4-6-11-7-5-9/h3,9,11H,1-2,4-8H2. The van der Waals surface area contributed by atoms with Crippen molar-refractivity contribution in [1.29, 1.82) is 0 Å². The fraction of sp³-hybridized carbons (Fsp3) is 0.800. The van der Waals surface area contributed by atoms with Gasteiger partial charge >= 0.3 is 0 Å². The van der Waals surface area contributed by atoms with E-state index in [1.54, 1.807) is 0 Å². The summed E-state index contributed by atoms with van der Waals surface area (Å²) in [5, 5.41) is 3.37. The summed E-state index contributed by atoms with van der Waals surface area (Å²) >= 11 is 0. The van der Waals surface area contributed by atoms with Gasteiger partial charge in [0.05, 0.1) is 12.4 Å². The Hall–Kier alpha value is -0.500. The van der Waals surface area contributed by atoms with Gasteiger partial charge in [0, 0.05) is 5.92 Å². The molecule has 2 aliphatic heterocycles. The second kappa shape index (κ2) is 3.94. The highest BCUT2D eigenvalue weighted by Crippen LogP contribution is 2.25. The number of piperidine rings is 1. The van der Waals surface area contributed by atoms with Crippen LogP contribution in [0.1, 0.15) is 25.7 Å². The summed E-state index contributed by atoms with van der Waals surface area (Å²) in [6.45, 7) is 3.26. The van der Waals surface area contributed by atoms with Gasteiger partial charge < -0.3 is 10.1 Å². The summed E-state index contributed by atoms with van der Waals surface area (Å²) in [6.07, 6.45) is 7.23. The summed E-state index contributed by atoms with van der Waals surface area (Å²) in [5.74, 6) is 1.99. The minimum atomic E-state index is 0.714. The van der Waals surface area contributed by atoms with Gasteiger partial charge in [-0.3, -0.25) is 0 Å². The lowest BCUT2D eigenvalue weighted by molar-refractivity contribution is 0.147. The fourth-order valence-corrected chi connectivity index (χ4v) is 1.97. The van der Waals surface area contributed by atoms with Crippen LogP contribution in [0.5, 0.6) is 0 Å². The average molecular weight is 167 g/mol.